The predicted molar refractivity (Wildman–Crippen MR) is 96.0 cm³/mol. The highest BCUT2D eigenvalue weighted by molar-refractivity contribution is 7.74. The largest absolute Gasteiger partial charge is 0.372 e. The van der Waals surface area contributed by atoms with E-state index in [1.54, 1.807) is 0 Å². The molecule has 0 fully saturated rings. The number of hydrogen-bond acceptors (Lipinski definition) is 4. The highest BCUT2D eigenvalue weighted by atomic mass is 32.1. The number of nitrogens with zero attached hydrogens (tertiary/aromatic N) is 2. The van der Waals surface area contributed by atoms with E-state index in [4.69, 9.17) is 24.4 Å². The van der Waals surface area contributed by atoms with E-state index >= 15 is 0 Å². The van der Waals surface area contributed by atoms with Gasteiger partial charge in [-0.05, 0) is 32.1 Å². The SMILES string of the molecule is CCN(CC)c1c(N(C)CCCC(C)(C)C)c(=S)c1=S. The van der Waals surface area contributed by atoms with Crippen molar-refractivity contribution in [3.63, 3.8) is 0 Å². The molecule has 0 N–H and O–H groups in total. The van der Waals surface area contributed by atoms with Crippen molar-refractivity contribution in [3.8, 4) is 0 Å². The van der Waals surface area contributed by atoms with Crippen LogP contribution in [0.4, 0.5) is 11.4 Å². The van der Waals surface area contributed by atoms with Gasteiger partial charge < -0.3 is 9.80 Å². The minimum absolute atomic E-state index is 0.395. The maximum Gasteiger partial charge on any atom is 0.0835 e. The molecule has 114 valence electrons. The van der Waals surface area contributed by atoms with Crippen molar-refractivity contribution >= 4 is 35.8 Å². The van der Waals surface area contributed by atoms with Gasteiger partial charge in [-0.25, -0.2) is 0 Å². The van der Waals surface area contributed by atoms with Gasteiger partial charge in [-0.1, -0.05) is 45.2 Å². The summed E-state index contributed by atoms with van der Waals surface area (Å²) in [6.07, 6.45) is 2.41. The first-order chi connectivity index (χ1) is 9.22. The van der Waals surface area contributed by atoms with Gasteiger partial charge in [0.2, 0.25) is 0 Å². The lowest BCUT2D eigenvalue weighted by molar-refractivity contribution is 0.367. The van der Waals surface area contributed by atoms with Gasteiger partial charge in [0.25, 0.3) is 0 Å². The number of rotatable bonds is 7. The Bertz CT molecular complexity index is 503. The minimum Gasteiger partial charge on any atom is -0.372 e. The lowest BCUT2D eigenvalue weighted by Crippen LogP contribution is -2.29. The van der Waals surface area contributed by atoms with Crippen LogP contribution in [0, 0.1) is 14.4 Å². The van der Waals surface area contributed by atoms with E-state index in [0.717, 1.165) is 28.7 Å². The van der Waals surface area contributed by atoms with E-state index in [2.05, 4.69) is 51.5 Å². The fraction of sp³-hybridized carbons (Fsp3) is 0.750. The quantitative estimate of drug-likeness (QED) is 0.644. The van der Waals surface area contributed by atoms with E-state index in [0.29, 0.717) is 5.41 Å². The predicted octanol–water partition coefficient (Wildman–Crippen LogP) is 5.13. The highest BCUT2D eigenvalue weighted by Crippen LogP contribution is 2.38. The molecule has 0 amide bonds. The molecule has 0 spiro atoms. The molecule has 0 atom stereocenters. The zero-order valence-corrected chi connectivity index (χ0v) is 15.4. The molecule has 0 saturated heterocycles. The molecule has 0 unspecified atom stereocenters. The van der Waals surface area contributed by atoms with Gasteiger partial charge in [-0.2, -0.15) is 0 Å². The molecular formula is C16H28N2S2. The number of anilines is 2. The van der Waals surface area contributed by atoms with Crippen LogP contribution in [-0.4, -0.2) is 26.7 Å². The van der Waals surface area contributed by atoms with Crippen molar-refractivity contribution in [2.24, 2.45) is 5.41 Å². The minimum atomic E-state index is 0.395. The summed E-state index contributed by atoms with van der Waals surface area (Å²) in [5.74, 6) is 0. The van der Waals surface area contributed by atoms with Gasteiger partial charge in [0.05, 0.1) is 20.4 Å². The second-order valence-corrected chi connectivity index (χ2v) is 7.43. The van der Waals surface area contributed by atoms with Crippen LogP contribution in [-0.2, 0) is 0 Å². The summed E-state index contributed by atoms with van der Waals surface area (Å²) in [4.78, 5) is 4.60. The maximum absolute atomic E-state index is 5.45. The van der Waals surface area contributed by atoms with Crippen molar-refractivity contribution in [2.45, 2.75) is 47.5 Å². The lowest BCUT2D eigenvalue weighted by Gasteiger charge is -2.32. The third-order valence-corrected chi connectivity index (χ3v) is 4.67. The summed E-state index contributed by atoms with van der Waals surface area (Å²) in [5.41, 5.74) is 2.77. The third-order valence-electron chi connectivity index (χ3n) is 3.74. The molecular weight excluding hydrogens is 284 g/mol. The first-order valence-electron chi connectivity index (χ1n) is 7.52. The molecule has 1 rings (SSSR count). The molecule has 0 radical (unpaired) electrons. The smallest absolute Gasteiger partial charge is 0.0835 e. The monoisotopic (exact) mass is 312 g/mol. The fourth-order valence-electron chi connectivity index (χ4n) is 2.51. The van der Waals surface area contributed by atoms with Crippen LogP contribution >= 0.6 is 24.4 Å². The fourth-order valence-corrected chi connectivity index (χ4v) is 3.18. The Balaban J connectivity index is 2.79. The van der Waals surface area contributed by atoms with E-state index in [1.165, 1.54) is 24.2 Å². The van der Waals surface area contributed by atoms with Gasteiger partial charge >= 0.3 is 0 Å². The van der Waals surface area contributed by atoms with Crippen LogP contribution in [0.1, 0.15) is 47.5 Å². The second kappa shape index (κ2) is 6.99. The number of hydrogen-bond donors (Lipinski definition) is 0. The first-order valence-corrected chi connectivity index (χ1v) is 8.34. The molecule has 0 aliphatic rings. The summed E-state index contributed by atoms with van der Waals surface area (Å²) >= 11 is 10.9. The molecule has 0 bridgehead atoms. The van der Waals surface area contributed by atoms with Crippen LogP contribution in [0.5, 0.6) is 0 Å². The molecule has 0 aromatic heterocycles. The Hall–Kier alpha value is -0.480. The average molecular weight is 313 g/mol. The molecule has 0 heterocycles. The van der Waals surface area contributed by atoms with E-state index in [1.807, 2.05) is 0 Å². The normalized spacial score (nSPS) is 11.9. The van der Waals surface area contributed by atoms with E-state index in [-0.39, 0.29) is 0 Å². The van der Waals surface area contributed by atoms with Crippen molar-refractivity contribution in [3.05, 3.63) is 9.02 Å². The molecule has 1 aromatic rings. The summed E-state index contributed by atoms with van der Waals surface area (Å²) in [7, 11) is 2.13. The van der Waals surface area contributed by atoms with Gasteiger partial charge in [-0.15, -0.1) is 0 Å². The van der Waals surface area contributed by atoms with Crippen molar-refractivity contribution < 1.29 is 0 Å². The van der Waals surface area contributed by atoms with Crippen LogP contribution in [0.2, 0.25) is 0 Å². The zero-order chi connectivity index (χ0) is 15.5. The molecule has 0 aliphatic carbocycles. The van der Waals surface area contributed by atoms with Gasteiger partial charge in [-0.3, -0.25) is 0 Å². The Kier molecular flexibility index (Phi) is 6.14. The van der Waals surface area contributed by atoms with Gasteiger partial charge in [0.1, 0.15) is 0 Å². The van der Waals surface area contributed by atoms with Crippen LogP contribution in [0.25, 0.3) is 0 Å². The Labute approximate surface area is 134 Å². The Morgan fingerprint density at radius 3 is 1.90 bits per heavy atom. The Morgan fingerprint density at radius 1 is 0.950 bits per heavy atom. The second-order valence-electron chi connectivity index (χ2n) is 6.61. The van der Waals surface area contributed by atoms with Crippen LogP contribution < -0.4 is 9.80 Å². The van der Waals surface area contributed by atoms with Gasteiger partial charge in [0.15, 0.2) is 0 Å². The summed E-state index contributed by atoms with van der Waals surface area (Å²) < 4.78 is 1.75. The van der Waals surface area contributed by atoms with E-state index in [9.17, 15) is 0 Å². The molecule has 0 saturated carbocycles. The summed E-state index contributed by atoms with van der Waals surface area (Å²) in [6.45, 7) is 14.2. The molecule has 1 aromatic carbocycles. The van der Waals surface area contributed by atoms with E-state index < -0.39 is 0 Å². The summed E-state index contributed by atoms with van der Waals surface area (Å²) in [6, 6.07) is 0. The standard InChI is InChI=1S/C16H28N2S2/c1-7-18(8-2)13-12(14(19)15(13)20)17(6)11-9-10-16(3,4)5/h7-11H2,1-6H3. The van der Waals surface area contributed by atoms with Crippen molar-refractivity contribution in [1.82, 2.24) is 0 Å². The maximum atomic E-state index is 5.45. The molecule has 20 heavy (non-hydrogen) atoms. The third kappa shape index (κ3) is 4.01. The van der Waals surface area contributed by atoms with Crippen LogP contribution in [0.15, 0.2) is 0 Å². The molecule has 0 aliphatic heterocycles. The topological polar surface area (TPSA) is 6.48 Å². The van der Waals surface area contributed by atoms with Crippen molar-refractivity contribution in [2.75, 3.05) is 36.5 Å². The van der Waals surface area contributed by atoms with Crippen molar-refractivity contribution in [1.29, 1.82) is 0 Å². The molecule has 2 nitrogen and oxygen atoms in total. The Morgan fingerprint density at radius 2 is 1.45 bits per heavy atom. The van der Waals surface area contributed by atoms with Crippen LogP contribution in [0.3, 0.4) is 0 Å². The van der Waals surface area contributed by atoms with Gasteiger partial charge in [0, 0.05) is 26.7 Å². The lowest BCUT2D eigenvalue weighted by atomic mass is 9.90. The average Bonchev–Trinajstić information content (AvgIpc) is 2.36. The highest BCUT2D eigenvalue weighted by Gasteiger charge is 2.22. The summed E-state index contributed by atoms with van der Waals surface area (Å²) in [5, 5.41) is 0. The first kappa shape index (κ1) is 17.6. The molecule has 4 heteroatoms. The zero-order valence-electron chi connectivity index (χ0n) is 13.7.